The van der Waals surface area contributed by atoms with E-state index in [-0.39, 0.29) is 23.7 Å². The molecular formula is C14H23ClN4O2. The summed E-state index contributed by atoms with van der Waals surface area (Å²) in [7, 11) is 3.23. The van der Waals surface area contributed by atoms with Crippen LogP contribution in [0, 0.1) is 5.41 Å². The second-order valence-electron chi connectivity index (χ2n) is 6.30. The molecule has 1 aromatic rings. The highest BCUT2D eigenvalue weighted by Crippen LogP contribution is 2.36. The van der Waals surface area contributed by atoms with Gasteiger partial charge < -0.3 is 9.88 Å². The molecule has 1 atom stereocenters. The Morgan fingerprint density at radius 2 is 2.05 bits per heavy atom. The summed E-state index contributed by atoms with van der Waals surface area (Å²) >= 11 is 0. The van der Waals surface area contributed by atoms with Crippen LogP contribution < -0.4 is 16.6 Å². The number of aryl methyl sites for hydroxylation is 1. The molecule has 0 radical (unpaired) electrons. The van der Waals surface area contributed by atoms with Gasteiger partial charge in [0.15, 0.2) is 0 Å². The van der Waals surface area contributed by atoms with Gasteiger partial charge in [-0.1, -0.05) is 0 Å². The highest BCUT2D eigenvalue weighted by molar-refractivity contribution is 5.85. The Balaban J connectivity index is 0.00000161. The largest absolute Gasteiger partial charge is 0.330 e. The van der Waals surface area contributed by atoms with Crippen molar-refractivity contribution < 1.29 is 0 Å². The molecule has 21 heavy (non-hydrogen) atoms. The molecule has 0 amide bonds. The average molecular weight is 315 g/mol. The number of hydrogen-bond acceptors (Lipinski definition) is 4. The zero-order valence-corrected chi connectivity index (χ0v) is 13.4. The first-order valence-electron chi connectivity index (χ1n) is 7.19. The van der Waals surface area contributed by atoms with Crippen LogP contribution in [0.2, 0.25) is 0 Å². The van der Waals surface area contributed by atoms with Crippen molar-refractivity contribution in [3.63, 3.8) is 0 Å². The smallest absolute Gasteiger partial charge is 0.316 e. The minimum Gasteiger partial charge on any atom is -0.316 e. The molecule has 1 spiro atoms. The third kappa shape index (κ3) is 2.93. The van der Waals surface area contributed by atoms with E-state index < -0.39 is 0 Å². The number of rotatable bonds is 2. The van der Waals surface area contributed by atoms with Gasteiger partial charge in [0.2, 0.25) is 0 Å². The maximum absolute atomic E-state index is 12.2. The molecule has 0 bridgehead atoms. The number of halogens is 1. The molecule has 0 aromatic carbocycles. The predicted molar refractivity (Wildman–Crippen MR) is 84.0 cm³/mol. The maximum atomic E-state index is 12.2. The van der Waals surface area contributed by atoms with Gasteiger partial charge in [-0.25, -0.2) is 4.79 Å². The zero-order valence-electron chi connectivity index (χ0n) is 12.6. The van der Waals surface area contributed by atoms with Crippen LogP contribution in [0.15, 0.2) is 15.8 Å². The molecule has 0 aliphatic carbocycles. The van der Waals surface area contributed by atoms with Crippen molar-refractivity contribution >= 4 is 12.4 Å². The lowest BCUT2D eigenvalue weighted by Gasteiger charge is -2.22. The highest BCUT2D eigenvalue weighted by atomic mass is 35.5. The lowest BCUT2D eigenvalue weighted by Crippen LogP contribution is -2.40. The van der Waals surface area contributed by atoms with Crippen LogP contribution in [0.5, 0.6) is 0 Å². The lowest BCUT2D eigenvalue weighted by molar-refractivity contribution is 0.267. The van der Waals surface area contributed by atoms with Gasteiger partial charge >= 0.3 is 5.69 Å². The maximum Gasteiger partial charge on any atom is 0.330 e. The number of aromatic nitrogens is 2. The SMILES string of the molecule is Cl.Cn1cc(CN2CCC3(CCNC3)C2)c(=O)n(C)c1=O. The molecule has 1 aromatic heterocycles. The minimum atomic E-state index is -0.267. The van der Waals surface area contributed by atoms with E-state index in [2.05, 4.69) is 10.2 Å². The molecule has 2 aliphatic heterocycles. The van der Waals surface area contributed by atoms with E-state index in [1.807, 2.05) is 0 Å². The van der Waals surface area contributed by atoms with E-state index in [4.69, 9.17) is 0 Å². The summed E-state index contributed by atoms with van der Waals surface area (Å²) < 4.78 is 2.68. The first-order valence-corrected chi connectivity index (χ1v) is 7.19. The molecule has 3 rings (SSSR count). The van der Waals surface area contributed by atoms with Crippen LogP contribution in [0.25, 0.3) is 0 Å². The Morgan fingerprint density at radius 1 is 1.29 bits per heavy atom. The Morgan fingerprint density at radius 3 is 2.71 bits per heavy atom. The second kappa shape index (κ2) is 5.94. The van der Waals surface area contributed by atoms with Crippen LogP contribution in [-0.2, 0) is 20.6 Å². The minimum absolute atomic E-state index is 0. The van der Waals surface area contributed by atoms with E-state index in [0.717, 1.165) is 26.2 Å². The van der Waals surface area contributed by atoms with Gasteiger partial charge in [0.25, 0.3) is 5.56 Å². The molecular weight excluding hydrogens is 292 g/mol. The summed E-state index contributed by atoms with van der Waals surface area (Å²) in [6.45, 7) is 4.92. The van der Waals surface area contributed by atoms with Gasteiger partial charge in [0, 0.05) is 45.5 Å². The predicted octanol–water partition coefficient (Wildman–Crippen LogP) is -0.309. The Kier molecular flexibility index (Phi) is 4.60. The molecule has 2 fully saturated rings. The normalized spacial score (nSPS) is 25.4. The van der Waals surface area contributed by atoms with Crippen molar-refractivity contribution in [2.75, 3.05) is 26.2 Å². The summed E-state index contributed by atoms with van der Waals surface area (Å²) in [5.41, 5.74) is 0.680. The van der Waals surface area contributed by atoms with E-state index in [9.17, 15) is 9.59 Å². The van der Waals surface area contributed by atoms with Crippen molar-refractivity contribution in [2.24, 2.45) is 19.5 Å². The summed E-state index contributed by atoms with van der Waals surface area (Å²) in [6.07, 6.45) is 4.11. The highest BCUT2D eigenvalue weighted by Gasteiger charge is 2.40. The molecule has 118 valence electrons. The molecule has 7 heteroatoms. The fourth-order valence-corrected chi connectivity index (χ4v) is 3.54. The van der Waals surface area contributed by atoms with Gasteiger partial charge in [0.1, 0.15) is 0 Å². The van der Waals surface area contributed by atoms with Gasteiger partial charge in [0.05, 0.1) is 0 Å². The molecule has 0 saturated carbocycles. The van der Waals surface area contributed by atoms with Crippen LogP contribution in [0.1, 0.15) is 18.4 Å². The van der Waals surface area contributed by atoms with Gasteiger partial charge in [-0.3, -0.25) is 14.3 Å². The summed E-state index contributed by atoms with van der Waals surface area (Å²) in [4.78, 5) is 26.2. The number of nitrogens with one attached hydrogen (secondary N) is 1. The Labute approximate surface area is 130 Å². The number of hydrogen-bond donors (Lipinski definition) is 1. The first-order chi connectivity index (χ1) is 9.51. The van der Waals surface area contributed by atoms with E-state index in [0.29, 0.717) is 17.5 Å². The van der Waals surface area contributed by atoms with E-state index in [1.165, 1.54) is 22.0 Å². The number of nitrogens with zero attached hydrogens (tertiary/aromatic N) is 3. The van der Waals surface area contributed by atoms with E-state index in [1.54, 1.807) is 20.3 Å². The van der Waals surface area contributed by atoms with Crippen LogP contribution in [-0.4, -0.2) is 40.2 Å². The number of likely N-dealkylation sites (tertiary alicyclic amines) is 1. The van der Waals surface area contributed by atoms with Crippen LogP contribution >= 0.6 is 12.4 Å². The fourth-order valence-electron chi connectivity index (χ4n) is 3.54. The summed E-state index contributed by atoms with van der Waals surface area (Å²) in [5.74, 6) is 0. The third-order valence-corrected chi connectivity index (χ3v) is 4.76. The van der Waals surface area contributed by atoms with E-state index >= 15 is 0 Å². The molecule has 1 N–H and O–H groups in total. The fraction of sp³-hybridized carbons (Fsp3) is 0.714. The molecule has 2 saturated heterocycles. The van der Waals surface area contributed by atoms with Gasteiger partial charge in [-0.05, 0) is 31.3 Å². The van der Waals surface area contributed by atoms with Crippen molar-refractivity contribution in [1.29, 1.82) is 0 Å². The molecule has 2 aliphatic rings. The zero-order chi connectivity index (χ0) is 14.3. The first kappa shape index (κ1) is 16.3. The van der Waals surface area contributed by atoms with Gasteiger partial charge in [-0.2, -0.15) is 0 Å². The summed E-state index contributed by atoms with van der Waals surface area (Å²) in [5, 5.41) is 3.44. The van der Waals surface area contributed by atoms with Crippen molar-refractivity contribution in [3.05, 3.63) is 32.6 Å². The lowest BCUT2D eigenvalue weighted by atomic mass is 9.87. The topological polar surface area (TPSA) is 59.3 Å². The quantitative estimate of drug-likeness (QED) is 0.814. The van der Waals surface area contributed by atoms with Gasteiger partial charge in [-0.15, -0.1) is 12.4 Å². The molecule has 1 unspecified atom stereocenters. The Bertz CT molecular complexity index is 631. The third-order valence-electron chi connectivity index (χ3n) is 4.76. The average Bonchev–Trinajstić information content (AvgIpc) is 3.04. The Hall–Kier alpha value is -1.11. The molecule has 3 heterocycles. The van der Waals surface area contributed by atoms with Crippen LogP contribution in [0.3, 0.4) is 0 Å². The second-order valence-corrected chi connectivity index (χ2v) is 6.30. The van der Waals surface area contributed by atoms with Crippen molar-refractivity contribution in [3.8, 4) is 0 Å². The van der Waals surface area contributed by atoms with Crippen molar-refractivity contribution in [2.45, 2.75) is 19.4 Å². The standard InChI is InChI=1S/C14H22N4O2.ClH/c1-16-7-11(12(19)17(2)13(16)20)8-18-6-4-14(10-18)3-5-15-9-14;/h7,15H,3-6,8-10H2,1-2H3;1H. The monoisotopic (exact) mass is 314 g/mol. The van der Waals surface area contributed by atoms with Crippen molar-refractivity contribution in [1.82, 2.24) is 19.4 Å². The van der Waals surface area contributed by atoms with Crippen LogP contribution in [0.4, 0.5) is 0 Å². The summed E-state index contributed by atoms with van der Waals surface area (Å²) in [6, 6.07) is 0. The molecule has 6 nitrogen and oxygen atoms in total.